The van der Waals surface area contributed by atoms with Crippen molar-refractivity contribution in [1.29, 1.82) is 0 Å². The van der Waals surface area contributed by atoms with Gasteiger partial charge in [-0.1, -0.05) is 0 Å². The fourth-order valence-corrected chi connectivity index (χ4v) is 14.8. The van der Waals surface area contributed by atoms with Gasteiger partial charge in [0.15, 0.2) is 0 Å². The molecule has 0 bridgehead atoms. The van der Waals surface area contributed by atoms with Crippen molar-refractivity contribution in [2.24, 2.45) is 0 Å². The van der Waals surface area contributed by atoms with Crippen LogP contribution in [0.5, 0.6) is 0 Å². The summed E-state index contributed by atoms with van der Waals surface area (Å²) < 4.78 is 4.02. The first-order valence-electron chi connectivity index (χ1n) is 9.16. The molecule has 2 heteroatoms. The molecular weight excluding hydrogens is 543 g/mol. The van der Waals surface area contributed by atoms with Gasteiger partial charge in [-0.3, -0.25) is 0 Å². The molecule has 0 spiro atoms. The zero-order valence-electron chi connectivity index (χ0n) is 14.8. The zero-order chi connectivity index (χ0) is 17.7. The molecule has 1 aliphatic heterocycles. The zero-order valence-corrected chi connectivity index (χ0v) is 19.3. The van der Waals surface area contributed by atoms with E-state index in [2.05, 4.69) is 98.4 Å². The molecular formula is C24H21ITe. The van der Waals surface area contributed by atoms with E-state index in [1.807, 2.05) is 0 Å². The average Bonchev–Trinajstić information content (AvgIpc) is 2.82. The summed E-state index contributed by atoms with van der Waals surface area (Å²) >= 11 is 0.935. The number of hydrogen-bond donors (Lipinski definition) is 0. The molecule has 0 unspecified atom stereocenters. The minimum atomic E-state index is -1.97. The molecule has 0 fully saturated rings. The maximum atomic E-state index is 2.91. The number of benzene rings is 4. The third kappa shape index (κ3) is 2.70. The van der Waals surface area contributed by atoms with E-state index in [0.717, 1.165) is 0 Å². The van der Waals surface area contributed by atoms with Gasteiger partial charge in [0.1, 0.15) is 0 Å². The molecule has 4 aromatic carbocycles. The van der Waals surface area contributed by atoms with Crippen LogP contribution in [-0.2, 0) is 8.94 Å². The van der Waals surface area contributed by atoms with Gasteiger partial charge in [-0.05, 0) is 0 Å². The van der Waals surface area contributed by atoms with Crippen molar-refractivity contribution in [3.63, 3.8) is 0 Å². The summed E-state index contributed by atoms with van der Waals surface area (Å²) in [6.45, 7) is 2.42. The molecule has 26 heavy (non-hydrogen) atoms. The van der Waals surface area contributed by atoms with Crippen LogP contribution < -0.4 is 0 Å². The summed E-state index contributed by atoms with van der Waals surface area (Å²) in [4.78, 5) is 0. The average molecular weight is 564 g/mol. The molecule has 1 heterocycles. The molecule has 130 valence electrons. The Labute approximate surface area is 168 Å². The van der Waals surface area contributed by atoms with Crippen molar-refractivity contribution < 1.29 is 0 Å². The van der Waals surface area contributed by atoms with Gasteiger partial charge in [-0.2, -0.15) is 0 Å². The van der Waals surface area contributed by atoms with Gasteiger partial charge in [-0.15, -0.1) is 0 Å². The molecule has 5 rings (SSSR count). The molecule has 0 saturated heterocycles. The van der Waals surface area contributed by atoms with Crippen molar-refractivity contribution in [3.05, 3.63) is 83.9 Å². The normalized spacial score (nSPS) is 16.7. The van der Waals surface area contributed by atoms with Crippen LogP contribution in [0.15, 0.2) is 72.8 Å². The van der Waals surface area contributed by atoms with E-state index in [1.54, 1.807) is 11.1 Å². The van der Waals surface area contributed by atoms with Crippen LogP contribution in [0.4, 0.5) is 0 Å². The van der Waals surface area contributed by atoms with Crippen molar-refractivity contribution in [2.45, 2.75) is 20.3 Å². The summed E-state index contributed by atoms with van der Waals surface area (Å²) in [7, 11) is 0. The topological polar surface area (TPSA) is 0 Å². The monoisotopic (exact) mass is 566 g/mol. The van der Waals surface area contributed by atoms with Gasteiger partial charge in [0.2, 0.25) is 0 Å². The standard InChI is InChI=1S/C24H21ITe/c1-2-26(25)15-19-13-11-17-7-3-5-9-21(17)23(19)24-20(16-26)14-12-18-8-4-6-10-22(18)24/h3-14H,2,15-16H2,1H3. The van der Waals surface area contributed by atoms with E-state index < -0.39 is 14.2 Å². The summed E-state index contributed by atoms with van der Waals surface area (Å²) in [6.07, 6.45) is 0. The van der Waals surface area contributed by atoms with Gasteiger partial charge in [0.25, 0.3) is 0 Å². The Bertz CT molecular complexity index is 1060. The molecule has 4 aromatic rings. The molecule has 0 aromatic heterocycles. The SMILES string of the molecule is CC[Te]1(I)Cc2ccc3ccccc3c2-c2c(ccc3ccccc23)C1. The van der Waals surface area contributed by atoms with Gasteiger partial charge in [0.05, 0.1) is 0 Å². The molecule has 0 atom stereocenters. The van der Waals surface area contributed by atoms with Gasteiger partial charge in [-0.25, -0.2) is 0 Å². The second kappa shape index (κ2) is 6.51. The number of rotatable bonds is 1. The van der Waals surface area contributed by atoms with E-state index in [4.69, 9.17) is 0 Å². The van der Waals surface area contributed by atoms with E-state index >= 15 is 0 Å². The van der Waals surface area contributed by atoms with Crippen LogP contribution in [0.1, 0.15) is 18.1 Å². The van der Waals surface area contributed by atoms with Crippen LogP contribution >= 0.6 is 18.7 Å². The van der Waals surface area contributed by atoms with Gasteiger partial charge in [0, 0.05) is 0 Å². The summed E-state index contributed by atoms with van der Waals surface area (Å²) in [5.41, 5.74) is 6.17. The van der Waals surface area contributed by atoms with Crippen LogP contribution in [0.25, 0.3) is 32.7 Å². The first-order chi connectivity index (χ1) is 12.7. The number of fused-ring (bicyclic) bond motifs is 7. The van der Waals surface area contributed by atoms with Crippen molar-refractivity contribution >= 4 is 54.5 Å². The van der Waals surface area contributed by atoms with E-state index in [1.165, 1.54) is 46.1 Å². The molecule has 1 aliphatic rings. The molecule has 0 amide bonds. The third-order valence-electron chi connectivity index (χ3n) is 5.63. The van der Waals surface area contributed by atoms with E-state index in [9.17, 15) is 0 Å². The van der Waals surface area contributed by atoms with Gasteiger partial charge >= 0.3 is 170 Å². The fraction of sp³-hybridized carbons (Fsp3) is 0.167. The van der Waals surface area contributed by atoms with Crippen molar-refractivity contribution in [1.82, 2.24) is 0 Å². The quantitative estimate of drug-likeness (QED) is 0.169. The van der Waals surface area contributed by atoms with Gasteiger partial charge < -0.3 is 0 Å². The third-order valence-corrected chi connectivity index (χ3v) is 21.7. The predicted molar refractivity (Wildman–Crippen MR) is 125 cm³/mol. The van der Waals surface area contributed by atoms with Crippen LogP contribution in [-0.4, -0.2) is 14.2 Å². The molecule has 0 radical (unpaired) electrons. The fourth-order valence-electron chi connectivity index (χ4n) is 4.28. The Morgan fingerprint density at radius 1 is 0.692 bits per heavy atom. The van der Waals surface area contributed by atoms with Crippen LogP contribution in [0, 0.1) is 0 Å². The molecule has 0 aliphatic carbocycles. The summed E-state index contributed by atoms with van der Waals surface area (Å²) in [5.74, 6) is 0. The maximum absolute atomic E-state index is 2.91. The Balaban J connectivity index is 1.98. The van der Waals surface area contributed by atoms with Crippen LogP contribution in [0.3, 0.4) is 0 Å². The Hall–Kier alpha value is -1.08. The second-order valence-corrected chi connectivity index (χ2v) is 28.4. The Kier molecular flexibility index (Phi) is 4.27. The second-order valence-electron chi connectivity index (χ2n) is 7.16. The predicted octanol–water partition coefficient (Wildman–Crippen LogP) is 7.24. The Morgan fingerprint density at radius 2 is 1.15 bits per heavy atom. The molecule has 0 saturated carbocycles. The molecule has 0 nitrogen and oxygen atoms in total. The number of halogens is 1. The molecule has 0 N–H and O–H groups in total. The van der Waals surface area contributed by atoms with Crippen molar-refractivity contribution in [3.8, 4) is 11.1 Å². The summed E-state index contributed by atoms with van der Waals surface area (Å²) in [6, 6.07) is 27.3. The Morgan fingerprint density at radius 3 is 1.62 bits per heavy atom. The number of hydrogen-bond acceptors (Lipinski definition) is 0. The van der Waals surface area contributed by atoms with Crippen molar-refractivity contribution in [2.75, 3.05) is 0 Å². The van der Waals surface area contributed by atoms with E-state index in [0.29, 0.717) is 0 Å². The minimum absolute atomic E-state index is 1.32. The van der Waals surface area contributed by atoms with Crippen LogP contribution in [0.2, 0.25) is 4.47 Å². The first kappa shape index (κ1) is 17.0. The summed E-state index contributed by atoms with van der Waals surface area (Å²) in [5, 5.41) is 5.55. The van der Waals surface area contributed by atoms with E-state index in [-0.39, 0.29) is 0 Å². The first-order valence-corrected chi connectivity index (χ1v) is 20.9.